The Bertz CT molecular complexity index is 875. The van der Waals surface area contributed by atoms with Crippen molar-refractivity contribution in [2.24, 2.45) is 0 Å². The molecule has 0 saturated carbocycles. The number of pyridine rings is 1. The lowest BCUT2D eigenvalue weighted by molar-refractivity contribution is 0.0699. The van der Waals surface area contributed by atoms with E-state index in [0.717, 1.165) is 17.0 Å². The predicted octanol–water partition coefficient (Wildman–Crippen LogP) is 3.44. The lowest BCUT2D eigenvalue weighted by Crippen LogP contribution is -2.00. The minimum atomic E-state index is -0.955. The molecule has 2 N–H and O–H groups in total. The number of para-hydroxylation sites is 1. The average Bonchev–Trinajstić information content (AvgIpc) is 2.83. The number of aromatic nitrogens is 3. The van der Waals surface area contributed by atoms with Gasteiger partial charge in [0, 0.05) is 16.6 Å². The lowest BCUT2D eigenvalue weighted by Gasteiger charge is -2.04. The summed E-state index contributed by atoms with van der Waals surface area (Å²) >= 11 is 0. The topological polar surface area (TPSA) is 78.9 Å². The molecule has 0 spiro atoms. The van der Waals surface area contributed by atoms with E-state index in [0.29, 0.717) is 16.6 Å². The molecule has 0 aliphatic heterocycles. The van der Waals surface area contributed by atoms with E-state index >= 15 is 0 Å². The highest BCUT2D eigenvalue weighted by Crippen LogP contribution is 2.20. The second kappa shape index (κ2) is 5.44. The zero-order valence-electron chi connectivity index (χ0n) is 12.3. The Morgan fingerprint density at radius 3 is 2.68 bits per heavy atom. The van der Waals surface area contributed by atoms with Gasteiger partial charge < -0.3 is 5.11 Å². The fourth-order valence-electron chi connectivity index (χ4n) is 2.43. The van der Waals surface area contributed by atoms with Crippen LogP contribution >= 0.6 is 0 Å². The number of H-pyrrole nitrogens is 1. The van der Waals surface area contributed by atoms with Crippen LogP contribution in [0.5, 0.6) is 0 Å². The number of aryl methyl sites for hydroxylation is 2. The molecule has 0 fully saturated rings. The fourth-order valence-corrected chi connectivity index (χ4v) is 2.43. The Hall–Kier alpha value is -2.95. The minimum Gasteiger partial charge on any atom is -0.478 e. The number of hydrogen-bond acceptors (Lipinski definition) is 3. The predicted molar refractivity (Wildman–Crippen MR) is 85.7 cm³/mol. The number of benzene rings is 1. The highest BCUT2D eigenvalue weighted by atomic mass is 16.4. The number of fused-ring (bicyclic) bond motifs is 1. The van der Waals surface area contributed by atoms with Crippen LogP contribution in [0.3, 0.4) is 0 Å². The number of hydrogen-bond donors (Lipinski definition) is 2. The number of nitrogens with zero attached hydrogens (tertiary/aromatic N) is 2. The highest BCUT2D eigenvalue weighted by molar-refractivity contribution is 6.03. The Morgan fingerprint density at radius 2 is 2.00 bits per heavy atom. The summed E-state index contributed by atoms with van der Waals surface area (Å²) in [4.78, 5) is 15.9. The van der Waals surface area contributed by atoms with E-state index in [2.05, 4.69) is 15.2 Å². The summed E-state index contributed by atoms with van der Waals surface area (Å²) in [5.41, 5.74) is 4.39. The molecule has 2 heterocycles. The summed E-state index contributed by atoms with van der Waals surface area (Å²) in [7, 11) is 0. The number of carboxylic acid groups (broad SMARTS) is 1. The summed E-state index contributed by atoms with van der Waals surface area (Å²) in [6.45, 7) is 3.86. The van der Waals surface area contributed by atoms with Crippen LogP contribution in [0.2, 0.25) is 0 Å². The van der Waals surface area contributed by atoms with Crippen LogP contribution in [0.1, 0.15) is 33.0 Å². The van der Waals surface area contributed by atoms with Crippen molar-refractivity contribution in [2.75, 3.05) is 0 Å². The summed E-state index contributed by atoms with van der Waals surface area (Å²) in [5.74, 6) is -0.955. The molecule has 3 aromatic rings. The standard InChI is InChI=1S/C17H15N3O2/c1-10-13(11(2)20-19-10)8-7-12-9-15(17(21)22)14-5-3-4-6-16(14)18-12/h3-9H,1-2H3,(H,19,20)(H,21,22)/b8-7+. The lowest BCUT2D eigenvalue weighted by atomic mass is 10.1. The fraction of sp³-hybridized carbons (Fsp3) is 0.118. The Kier molecular flexibility index (Phi) is 3.47. The normalized spacial score (nSPS) is 11.4. The minimum absolute atomic E-state index is 0.255. The largest absolute Gasteiger partial charge is 0.478 e. The van der Waals surface area contributed by atoms with Crippen molar-refractivity contribution >= 4 is 29.0 Å². The molecule has 0 saturated heterocycles. The molecule has 0 aliphatic carbocycles. The summed E-state index contributed by atoms with van der Waals surface area (Å²) in [6.07, 6.45) is 3.71. The second-order valence-electron chi connectivity index (χ2n) is 5.10. The van der Waals surface area contributed by atoms with Crippen molar-refractivity contribution in [3.05, 3.63) is 58.5 Å². The first kappa shape index (κ1) is 14.0. The van der Waals surface area contributed by atoms with E-state index in [-0.39, 0.29) is 5.56 Å². The monoisotopic (exact) mass is 293 g/mol. The first-order chi connectivity index (χ1) is 10.6. The third-order valence-corrected chi connectivity index (χ3v) is 3.57. The van der Waals surface area contributed by atoms with Gasteiger partial charge in [-0.2, -0.15) is 5.10 Å². The molecule has 5 nitrogen and oxygen atoms in total. The summed E-state index contributed by atoms with van der Waals surface area (Å²) in [6, 6.07) is 8.83. The maximum Gasteiger partial charge on any atom is 0.336 e. The molecular formula is C17H15N3O2. The third-order valence-electron chi connectivity index (χ3n) is 3.57. The second-order valence-corrected chi connectivity index (χ2v) is 5.10. The molecule has 0 unspecified atom stereocenters. The number of aromatic carboxylic acids is 1. The van der Waals surface area contributed by atoms with Gasteiger partial charge in [0.15, 0.2) is 0 Å². The number of carboxylic acids is 1. The first-order valence-electron chi connectivity index (χ1n) is 6.89. The zero-order valence-corrected chi connectivity index (χ0v) is 12.3. The maximum absolute atomic E-state index is 11.4. The van der Waals surface area contributed by atoms with Crippen LogP contribution in [0, 0.1) is 13.8 Å². The van der Waals surface area contributed by atoms with Crippen molar-refractivity contribution in [3.63, 3.8) is 0 Å². The van der Waals surface area contributed by atoms with Crippen LogP contribution in [-0.2, 0) is 0 Å². The number of aromatic amines is 1. The van der Waals surface area contributed by atoms with E-state index in [9.17, 15) is 9.90 Å². The summed E-state index contributed by atoms with van der Waals surface area (Å²) < 4.78 is 0. The van der Waals surface area contributed by atoms with Gasteiger partial charge in [-0.25, -0.2) is 9.78 Å². The van der Waals surface area contributed by atoms with Crippen molar-refractivity contribution in [2.45, 2.75) is 13.8 Å². The van der Waals surface area contributed by atoms with Crippen LogP contribution in [0.4, 0.5) is 0 Å². The third kappa shape index (κ3) is 2.48. The number of carbonyl (C=O) groups is 1. The van der Waals surface area contributed by atoms with Gasteiger partial charge in [0.1, 0.15) is 0 Å². The molecule has 110 valence electrons. The van der Waals surface area contributed by atoms with Crippen molar-refractivity contribution in [1.29, 1.82) is 0 Å². The van der Waals surface area contributed by atoms with E-state index in [4.69, 9.17) is 0 Å². The number of nitrogens with one attached hydrogen (secondary N) is 1. The van der Waals surface area contributed by atoms with Gasteiger partial charge >= 0.3 is 5.97 Å². The van der Waals surface area contributed by atoms with Gasteiger partial charge in [-0.05, 0) is 38.1 Å². The van der Waals surface area contributed by atoms with Gasteiger partial charge in [-0.3, -0.25) is 5.10 Å². The van der Waals surface area contributed by atoms with Gasteiger partial charge in [-0.15, -0.1) is 0 Å². The van der Waals surface area contributed by atoms with Crippen LogP contribution in [0.25, 0.3) is 23.1 Å². The molecule has 22 heavy (non-hydrogen) atoms. The van der Waals surface area contributed by atoms with Gasteiger partial charge in [0.05, 0.1) is 22.5 Å². The Morgan fingerprint density at radius 1 is 1.23 bits per heavy atom. The average molecular weight is 293 g/mol. The van der Waals surface area contributed by atoms with Crippen LogP contribution < -0.4 is 0 Å². The summed E-state index contributed by atoms with van der Waals surface area (Å²) in [5, 5.41) is 17.1. The number of rotatable bonds is 3. The van der Waals surface area contributed by atoms with Crippen molar-refractivity contribution in [3.8, 4) is 0 Å². The molecule has 5 heteroatoms. The molecular weight excluding hydrogens is 278 g/mol. The maximum atomic E-state index is 11.4. The molecule has 0 amide bonds. The van der Waals surface area contributed by atoms with E-state index in [1.807, 2.05) is 44.2 Å². The Labute approximate surface area is 127 Å². The quantitative estimate of drug-likeness (QED) is 0.775. The SMILES string of the molecule is Cc1n[nH]c(C)c1/C=C/c1cc(C(=O)O)c2ccccc2n1. The molecule has 1 aromatic carbocycles. The van der Waals surface area contributed by atoms with E-state index in [1.54, 1.807) is 12.1 Å². The van der Waals surface area contributed by atoms with Crippen molar-refractivity contribution < 1.29 is 9.90 Å². The molecule has 0 atom stereocenters. The van der Waals surface area contributed by atoms with Gasteiger partial charge in [-0.1, -0.05) is 18.2 Å². The van der Waals surface area contributed by atoms with E-state index < -0.39 is 5.97 Å². The molecule has 0 bridgehead atoms. The molecule has 3 rings (SSSR count). The molecule has 0 aliphatic rings. The van der Waals surface area contributed by atoms with Gasteiger partial charge in [0.25, 0.3) is 0 Å². The van der Waals surface area contributed by atoms with Gasteiger partial charge in [0.2, 0.25) is 0 Å². The first-order valence-corrected chi connectivity index (χ1v) is 6.89. The van der Waals surface area contributed by atoms with E-state index in [1.165, 1.54) is 0 Å². The van der Waals surface area contributed by atoms with Crippen LogP contribution in [0.15, 0.2) is 30.3 Å². The zero-order chi connectivity index (χ0) is 15.7. The highest BCUT2D eigenvalue weighted by Gasteiger charge is 2.10. The smallest absolute Gasteiger partial charge is 0.336 e. The Balaban J connectivity index is 2.10. The molecule has 2 aromatic heterocycles. The van der Waals surface area contributed by atoms with Crippen molar-refractivity contribution in [1.82, 2.24) is 15.2 Å². The van der Waals surface area contributed by atoms with Crippen LogP contribution in [-0.4, -0.2) is 26.3 Å². The molecule has 0 radical (unpaired) electrons.